The molecule has 0 saturated heterocycles. The number of benzene rings is 1. The third-order valence-electron chi connectivity index (χ3n) is 3.77. The van der Waals surface area contributed by atoms with Crippen molar-refractivity contribution in [1.82, 2.24) is 4.98 Å². The fourth-order valence-electron chi connectivity index (χ4n) is 2.77. The molecule has 0 atom stereocenters. The molecule has 0 radical (unpaired) electrons. The average molecular weight is 245 g/mol. The molecule has 94 valence electrons. The van der Waals surface area contributed by atoms with Crippen LogP contribution in [0.25, 0.3) is 10.9 Å². The minimum Gasteiger partial charge on any atom is -0.323 e. The number of nitrogens with zero attached hydrogens (tertiary/aromatic N) is 1. The predicted octanol–water partition coefficient (Wildman–Crippen LogP) is 2.85. The Labute approximate surface area is 105 Å². The minimum absolute atomic E-state index is 0.214. The number of nitrogens with two attached hydrogens (primary N) is 1. The quantitative estimate of drug-likeness (QED) is 0.600. The molecule has 2 aromatic rings. The zero-order valence-corrected chi connectivity index (χ0v) is 10.4. The molecule has 1 heterocycles. The second-order valence-corrected chi connectivity index (χ2v) is 4.83. The maximum absolute atomic E-state index is 13.6. The maximum atomic E-state index is 13.6. The molecule has 3 nitrogen and oxygen atoms in total. The Morgan fingerprint density at radius 3 is 2.83 bits per heavy atom. The molecule has 4 heteroatoms. The van der Waals surface area contributed by atoms with E-state index in [1.165, 1.54) is 11.6 Å². The Kier molecular flexibility index (Phi) is 2.67. The van der Waals surface area contributed by atoms with E-state index >= 15 is 0 Å². The maximum Gasteiger partial charge on any atom is 0.128 e. The summed E-state index contributed by atoms with van der Waals surface area (Å²) in [6, 6.07) is 3.24. The number of anilines is 1. The average Bonchev–Trinajstić information content (AvgIpc) is 2.41. The highest BCUT2D eigenvalue weighted by Gasteiger charge is 2.19. The summed E-state index contributed by atoms with van der Waals surface area (Å²) >= 11 is 0. The number of rotatable bonds is 1. The van der Waals surface area contributed by atoms with Gasteiger partial charge in [0.1, 0.15) is 5.82 Å². The van der Waals surface area contributed by atoms with E-state index in [4.69, 9.17) is 5.84 Å². The molecule has 0 fully saturated rings. The van der Waals surface area contributed by atoms with Crippen molar-refractivity contribution in [3.05, 3.63) is 34.8 Å². The van der Waals surface area contributed by atoms with Gasteiger partial charge in [0.25, 0.3) is 0 Å². The fourth-order valence-corrected chi connectivity index (χ4v) is 2.77. The Morgan fingerprint density at radius 1 is 1.28 bits per heavy atom. The van der Waals surface area contributed by atoms with Gasteiger partial charge in [-0.2, -0.15) is 0 Å². The summed E-state index contributed by atoms with van der Waals surface area (Å²) in [7, 11) is 0. The van der Waals surface area contributed by atoms with Gasteiger partial charge in [0, 0.05) is 16.6 Å². The van der Waals surface area contributed by atoms with Crippen LogP contribution in [0.4, 0.5) is 10.1 Å². The van der Waals surface area contributed by atoms with Gasteiger partial charge >= 0.3 is 0 Å². The number of nitrogens with one attached hydrogen (secondary N) is 1. The first-order valence-electron chi connectivity index (χ1n) is 6.29. The Morgan fingerprint density at radius 2 is 2.06 bits per heavy atom. The van der Waals surface area contributed by atoms with E-state index in [-0.39, 0.29) is 5.82 Å². The number of hydrogen-bond donors (Lipinski definition) is 2. The lowest BCUT2D eigenvalue weighted by atomic mass is 9.92. The molecular formula is C14H16FN3. The van der Waals surface area contributed by atoms with Crippen LogP contribution in [0, 0.1) is 12.7 Å². The van der Waals surface area contributed by atoms with Crippen LogP contribution in [0.5, 0.6) is 0 Å². The summed E-state index contributed by atoms with van der Waals surface area (Å²) < 4.78 is 13.6. The van der Waals surface area contributed by atoms with Crippen molar-refractivity contribution in [2.75, 3.05) is 5.43 Å². The molecule has 0 spiro atoms. The first-order chi connectivity index (χ1) is 8.72. The van der Waals surface area contributed by atoms with Crippen molar-refractivity contribution in [3.63, 3.8) is 0 Å². The molecular weight excluding hydrogens is 229 g/mol. The topological polar surface area (TPSA) is 50.9 Å². The Balaban J connectivity index is 2.40. The first kappa shape index (κ1) is 11.4. The van der Waals surface area contributed by atoms with Gasteiger partial charge < -0.3 is 5.43 Å². The van der Waals surface area contributed by atoms with Gasteiger partial charge in [-0.1, -0.05) is 0 Å². The number of nitrogen functional groups attached to an aromatic ring is 1. The molecule has 0 aliphatic heterocycles. The molecule has 1 aromatic heterocycles. The molecule has 1 aromatic carbocycles. The van der Waals surface area contributed by atoms with Crippen molar-refractivity contribution in [3.8, 4) is 0 Å². The van der Waals surface area contributed by atoms with E-state index in [1.807, 2.05) is 0 Å². The largest absolute Gasteiger partial charge is 0.323 e. The van der Waals surface area contributed by atoms with Crippen LogP contribution in [0.15, 0.2) is 12.1 Å². The molecule has 1 aliphatic carbocycles. The number of hydrogen-bond acceptors (Lipinski definition) is 3. The Hall–Kier alpha value is -1.68. The van der Waals surface area contributed by atoms with E-state index < -0.39 is 0 Å². The normalized spacial score (nSPS) is 14.6. The van der Waals surface area contributed by atoms with E-state index in [0.29, 0.717) is 5.56 Å². The highest BCUT2D eigenvalue weighted by molar-refractivity contribution is 5.95. The highest BCUT2D eigenvalue weighted by atomic mass is 19.1. The van der Waals surface area contributed by atoms with Gasteiger partial charge in [-0.05, 0) is 50.3 Å². The van der Waals surface area contributed by atoms with Crippen molar-refractivity contribution >= 4 is 16.6 Å². The zero-order chi connectivity index (χ0) is 12.7. The summed E-state index contributed by atoms with van der Waals surface area (Å²) in [4.78, 5) is 4.65. The number of aromatic nitrogens is 1. The molecule has 18 heavy (non-hydrogen) atoms. The van der Waals surface area contributed by atoms with E-state index in [9.17, 15) is 4.39 Å². The van der Waals surface area contributed by atoms with Crippen LogP contribution in [0.2, 0.25) is 0 Å². The summed E-state index contributed by atoms with van der Waals surface area (Å²) in [6.45, 7) is 1.76. The summed E-state index contributed by atoms with van der Waals surface area (Å²) in [6.07, 6.45) is 4.25. The molecule has 3 rings (SSSR count). The fraction of sp³-hybridized carbons (Fsp3) is 0.357. The number of halogens is 1. The van der Waals surface area contributed by atoms with Gasteiger partial charge in [0.15, 0.2) is 0 Å². The number of pyridine rings is 1. The number of fused-ring (bicyclic) bond motifs is 2. The highest BCUT2D eigenvalue weighted by Crippen LogP contribution is 2.34. The van der Waals surface area contributed by atoms with E-state index in [0.717, 1.165) is 48.0 Å². The lowest BCUT2D eigenvalue weighted by Crippen LogP contribution is -2.15. The standard InChI is InChI=1S/C14H16FN3/c1-8-11(15)7-6-10-13(8)17-12-5-3-2-4-9(12)14(10)18-16/h6-7H,2-5,16H2,1H3,(H,17,18). The van der Waals surface area contributed by atoms with Gasteiger partial charge in [0.05, 0.1) is 11.2 Å². The zero-order valence-electron chi connectivity index (χ0n) is 10.4. The van der Waals surface area contributed by atoms with E-state index in [2.05, 4.69) is 10.4 Å². The second-order valence-electron chi connectivity index (χ2n) is 4.83. The monoisotopic (exact) mass is 245 g/mol. The lowest BCUT2D eigenvalue weighted by Gasteiger charge is -2.21. The van der Waals surface area contributed by atoms with Gasteiger partial charge in [0.2, 0.25) is 0 Å². The summed E-state index contributed by atoms with van der Waals surface area (Å²) in [5.41, 5.74) is 7.28. The van der Waals surface area contributed by atoms with E-state index in [1.54, 1.807) is 13.0 Å². The third-order valence-corrected chi connectivity index (χ3v) is 3.77. The van der Waals surface area contributed by atoms with Crippen LogP contribution in [-0.2, 0) is 12.8 Å². The van der Waals surface area contributed by atoms with Crippen molar-refractivity contribution in [2.24, 2.45) is 5.84 Å². The SMILES string of the molecule is Cc1c(F)ccc2c(NN)c3c(nc12)CCCC3. The lowest BCUT2D eigenvalue weighted by molar-refractivity contribution is 0.620. The van der Waals surface area contributed by atoms with Crippen LogP contribution in [0.1, 0.15) is 29.7 Å². The number of hydrazine groups is 1. The molecule has 0 bridgehead atoms. The predicted molar refractivity (Wildman–Crippen MR) is 70.9 cm³/mol. The van der Waals surface area contributed by atoms with Crippen molar-refractivity contribution < 1.29 is 4.39 Å². The molecule has 0 unspecified atom stereocenters. The molecule has 1 aliphatic rings. The molecule has 3 N–H and O–H groups in total. The smallest absolute Gasteiger partial charge is 0.128 e. The summed E-state index contributed by atoms with van der Waals surface area (Å²) in [5, 5.41) is 0.914. The minimum atomic E-state index is -0.214. The van der Waals surface area contributed by atoms with Gasteiger partial charge in [-0.3, -0.25) is 10.8 Å². The number of aryl methyl sites for hydroxylation is 2. The third kappa shape index (κ3) is 1.56. The van der Waals surface area contributed by atoms with Gasteiger partial charge in [-0.25, -0.2) is 4.39 Å². The molecule has 0 saturated carbocycles. The van der Waals surface area contributed by atoms with Crippen LogP contribution in [-0.4, -0.2) is 4.98 Å². The van der Waals surface area contributed by atoms with Crippen LogP contribution < -0.4 is 11.3 Å². The van der Waals surface area contributed by atoms with Crippen molar-refractivity contribution in [2.45, 2.75) is 32.6 Å². The van der Waals surface area contributed by atoms with Gasteiger partial charge in [-0.15, -0.1) is 0 Å². The second kappa shape index (κ2) is 4.21. The van der Waals surface area contributed by atoms with Crippen molar-refractivity contribution in [1.29, 1.82) is 0 Å². The van der Waals surface area contributed by atoms with Crippen LogP contribution >= 0.6 is 0 Å². The Bertz CT molecular complexity index is 622. The summed E-state index contributed by atoms with van der Waals surface area (Å²) in [5.74, 6) is 5.44. The first-order valence-corrected chi connectivity index (χ1v) is 6.29. The molecule has 0 amide bonds. The van der Waals surface area contributed by atoms with Crippen LogP contribution in [0.3, 0.4) is 0 Å².